The van der Waals surface area contributed by atoms with Crippen LogP contribution in [0.25, 0.3) is 6.08 Å². The maximum Gasteiger partial charge on any atom is 0.268 e. The lowest BCUT2D eigenvalue weighted by molar-refractivity contribution is -0.117. The Bertz CT molecular complexity index is 711. The number of rotatable bonds is 6. The molecule has 1 aromatic carbocycles. The molecule has 0 spiro atoms. The highest BCUT2D eigenvalue weighted by molar-refractivity contribution is 9.10. The van der Waals surface area contributed by atoms with Crippen LogP contribution in [0.4, 0.5) is 0 Å². The van der Waals surface area contributed by atoms with Gasteiger partial charge in [0.05, 0.1) is 18.4 Å². The van der Waals surface area contributed by atoms with Crippen LogP contribution in [0.15, 0.2) is 57.2 Å². The van der Waals surface area contributed by atoms with Gasteiger partial charge in [0.2, 0.25) is 0 Å². The van der Waals surface area contributed by atoms with Gasteiger partial charge < -0.3 is 20.2 Å². The summed E-state index contributed by atoms with van der Waals surface area (Å²) in [6.07, 6.45) is 2.88. The second-order valence-electron chi connectivity index (χ2n) is 4.49. The third-order valence-corrected chi connectivity index (χ3v) is 3.53. The fraction of sp³-hybridized carbons (Fsp3) is 0.125. The average molecular weight is 379 g/mol. The van der Waals surface area contributed by atoms with Crippen LogP contribution in [-0.2, 0) is 4.79 Å². The van der Waals surface area contributed by atoms with E-state index in [1.54, 1.807) is 36.4 Å². The van der Waals surface area contributed by atoms with Crippen molar-refractivity contribution in [2.75, 3.05) is 13.2 Å². The van der Waals surface area contributed by atoms with Crippen molar-refractivity contribution in [3.8, 4) is 0 Å². The van der Waals surface area contributed by atoms with Crippen LogP contribution in [0.2, 0.25) is 0 Å². The molecule has 120 valence electrons. The van der Waals surface area contributed by atoms with Crippen molar-refractivity contribution in [2.45, 2.75) is 0 Å². The maximum absolute atomic E-state index is 12.3. The van der Waals surface area contributed by atoms with E-state index in [-0.39, 0.29) is 18.8 Å². The number of amides is 2. The Morgan fingerprint density at radius 1 is 1.22 bits per heavy atom. The van der Waals surface area contributed by atoms with E-state index in [0.29, 0.717) is 15.8 Å². The number of furan rings is 1. The molecule has 1 aromatic heterocycles. The van der Waals surface area contributed by atoms with Gasteiger partial charge in [0, 0.05) is 17.1 Å². The molecule has 7 heteroatoms. The summed E-state index contributed by atoms with van der Waals surface area (Å²) >= 11 is 3.29. The van der Waals surface area contributed by atoms with E-state index < -0.39 is 11.8 Å². The molecular formula is C16H15BrN2O4. The van der Waals surface area contributed by atoms with Gasteiger partial charge in [0.15, 0.2) is 0 Å². The first kappa shape index (κ1) is 17.0. The zero-order valence-corrected chi connectivity index (χ0v) is 13.7. The van der Waals surface area contributed by atoms with E-state index in [9.17, 15) is 9.59 Å². The van der Waals surface area contributed by atoms with Gasteiger partial charge in [0.25, 0.3) is 11.8 Å². The SMILES string of the molecule is O=C(NCCO)/C(=C\c1ccco1)NC(=O)c1ccccc1Br. The zero-order valence-electron chi connectivity index (χ0n) is 12.1. The van der Waals surface area contributed by atoms with Crippen LogP contribution < -0.4 is 10.6 Å². The predicted octanol–water partition coefficient (Wildman–Crippen LogP) is 1.92. The van der Waals surface area contributed by atoms with Crippen LogP contribution in [0, 0.1) is 0 Å². The Labute approximate surface area is 141 Å². The summed E-state index contributed by atoms with van der Waals surface area (Å²) in [5.41, 5.74) is 0.418. The highest BCUT2D eigenvalue weighted by Crippen LogP contribution is 2.16. The smallest absolute Gasteiger partial charge is 0.268 e. The van der Waals surface area contributed by atoms with Gasteiger partial charge in [-0.25, -0.2) is 0 Å². The fourth-order valence-electron chi connectivity index (χ4n) is 1.77. The normalized spacial score (nSPS) is 11.1. The number of hydrogen-bond acceptors (Lipinski definition) is 4. The highest BCUT2D eigenvalue weighted by atomic mass is 79.9. The van der Waals surface area contributed by atoms with Crippen molar-refractivity contribution in [1.29, 1.82) is 0 Å². The number of benzene rings is 1. The molecule has 6 nitrogen and oxygen atoms in total. The van der Waals surface area contributed by atoms with E-state index in [2.05, 4.69) is 26.6 Å². The van der Waals surface area contributed by atoms with E-state index in [0.717, 1.165) is 0 Å². The van der Waals surface area contributed by atoms with Gasteiger partial charge >= 0.3 is 0 Å². The zero-order chi connectivity index (χ0) is 16.7. The first-order chi connectivity index (χ1) is 11.1. The summed E-state index contributed by atoms with van der Waals surface area (Å²) in [5.74, 6) is -0.531. The molecule has 23 heavy (non-hydrogen) atoms. The molecule has 2 rings (SSSR count). The molecule has 0 atom stereocenters. The molecule has 0 aliphatic heterocycles. The first-order valence-electron chi connectivity index (χ1n) is 6.82. The molecular weight excluding hydrogens is 364 g/mol. The van der Waals surface area contributed by atoms with Crippen molar-refractivity contribution in [3.63, 3.8) is 0 Å². The number of carbonyl (C=O) groups is 2. The quantitative estimate of drug-likeness (QED) is 0.669. The van der Waals surface area contributed by atoms with E-state index >= 15 is 0 Å². The Balaban J connectivity index is 2.22. The van der Waals surface area contributed by atoms with Crippen molar-refractivity contribution in [2.24, 2.45) is 0 Å². The monoisotopic (exact) mass is 378 g/mol. The average Bonchev–Trinajstić information content (AvgIpc) is 3.05. The minimum atomic E-state index is -0.518. The molecule has 0 aliphatic carbocycles. The molecule has 0 radical (unpaired) electrons. The van der Waals surface area contributed by atoms with Crippen molar-refractivity contribution in [1.82, 2.24) is 10.6 Å². The Morgan fingerprint density at radius 3 is 2.65 bits per heavy atom. The van der Waals surface area contributed by atoms with Gasteiger partial charge in [-0.2, -0.15) is 0 Å². The second-order valence-corrected chi connectivity index (χ2v) is 5.34. The van der Waals surface area contributed by atoms with Crippen LogP contribution in [0.5, 0.6) is 0 Å². The van der Waals surface area contributed by atoms with E-state index in [1.165, 1.54) is 12.3 Å². The summed E-state index contributed by atoms with van der Waals surface area (Å²) in [6.45, 7) is -0.114. The first-order valence-corrected chi connectivity index (χ1v) is 7.61. The molecule has 1 heterocycles. The Hall–Kier alpha value is -2.38. The summed E-state index contributed by atoms with van der Waals surface area (Å²) in [4.78, 5) is 24.5. The number of hydrogen-bond donors (Lipinski definition) is 3. The van der Waals surface area contributed by atoms with Crippen LogP contribution in [0.1, 0.15) is 16.1 Å². The minimum absolute atomic E-state index is 0.0224. The molecule has 0 aliphatic rings. The van der Waals surface area contributed by atoms with E-state index in [4.69, 9.17) is 9.52 Å². The molecule has 3 N–H and O–H groups in total. The second kappa shape index (κ2) is 8.30. The van der Waals surface area contributed by atoms with Crippen LogP contribution >= 0.6 is 15.9 Å². The summed E-state index contributed by atoms with van der Waals surface area (Å²) in [6, 6.07) is 10.2. The number of nitrogens with one attached hydrogen (secondary N) is 2. The third kappa shape index (κ3) is 4.80. The molecule has 0 fully saturated rings. The standard InChI is InChI=1S/C16H15BrN2O4/c17-13-6-2-1-5-12(13)15(21)19-14(16(22)18-7-8-20)10-11-4-3-9-23-11/h1-6,9-10,20H,7-8H2,(H,18,22)(H,19,21)/b14-10+. The lowest BCUT2D eigenvalue weighted by Gasteiger charge is -2.10. The predicted molar refractivity (Wildman–Crippen MR) is 88.4 cm³/mol. The molecule has 0 saturated heterocycles. The lowest BCUT2D eigenvalue weighted by atomic mass is 10.2. The number of aliphatic hydroxyl groups excluding tert-OH is 1. The van der Waals surface area contributed by atoms with Crippen molar-refractivity contribution < 1.29 is 19.1 Å². The molecule has 0 saturated carbocycles. The van der Waals surface area contributed by atoms with Gasteiger partial charge in [-0.05, 0) is 40.2 Å². The van der Waals surface area contributed by atoms with Gasteiger partial charge in [-0.3, -0.25) is 9.59 Å². The third-order valence-electron chi connectivity index (χ3n) is 2.84. The summed E-state index contributed by atoms with van der Waals surface area (Å²) in [5, 5.41) is 13.9. The topological polar surface area (TPSA) is 91.6 Å². The molecule has 2 aromatic rings. The van der Waals surface area contributed by atoms with Crippen molar-refractivity contribution >= 4 is 33.8 Å². The van der Waals surface area contributed by atoms with Crippen LogP contribution in [-0.4, -0.2) is 30.1 Å². The molecule has 2 amide bonds. The lowest BCUT2D eigenvalue weighted by Crippen LogP contribution is -2.36. The van der Waals surface area contributed by atoms with Crippen LogP contribution in [0.3, 0.4) is 0 Å². The Kier molecular flexibility index (Phi) is 6.13. The fourth-order valence-corrected chi connectivity index (χ4v) is 2.24. The van der Waals surface area contributed by atoms with Gasteiger partial charge in [-0.1, -0.05) is 12.1 Å². The summed E-state index contributed by atoms with van der Waals surface area (Å²) < 4.78 is 5.78. The number of halogens is 1. The molecule has 0 unspecified atom stereocenters. The largest absolute Gasteiger partial charge is 0.465 e. The number of carbonyl (C=O) groups excluding carboxylic acids is 2. The minimum Gasteiger partial charge on any atom is -0.465 e. The van der Waals surface area contributed by atoms with Crippen molar-refractivity contribution in [3.05, 3.63) is 64.2 Å². The van der Waals surface area contributed by atoms with Gasteiger partial charge in [0.1, 0.15) is 11.5 Å². The number of aliphatic hydroxyl groups is 1. The van der Waals surface area contributed by atoms with E-state index in [1.807, 2.05) is 0 Å². The summed E-state index contributed by atoms with van der Waals surface area (Å²) in [7, 11) is 0. The van der Waals surface area contributed by atoms with Gasteiger partial charge in [-0.15, -0.1) is 0 Å². The highest BCUT2D eigenvalue weighted by Gasteiger charge is 2.16. The Morgan fingerprint density at radius 2 is 2.00 bits per heavy atom. The maximum atomic E-state index is 12.3. The molecule has 0 bridgehead atoms.